The van der Waals surface area contributed by atoms with Crippen LogP contribution in [0.15, 0.2) is 0 Å². The predicted octanol–water partition coefficient (Wildman–Crippen LogP) is 5.50. The normalized spacial score (nSPS) is 44.2. The molecule has 0 bridgehead atoms. The van der Waals surface area contributed by atoms with E-state index in [1.165, 1.54) is 6.42 Å². The van der Waals surface area contributed by atoms with Gasteiger partial charge in [-0.25, -0.2) is 0 Å². The summed E-state index contributed by atoms with van der Waals surface area (Å²) in [6.07, 6.45) is 11.0. The van der Waals surface area contributed by atoms with E-state index in [9.17, 15) is 0 Å². The molecule has 0 N–H and O–H groups in total. The topological polar surface area (TPSA) is 18.5 Å². The second-order valence-electron chi connectivity index (χ2n) is 7.62. The summed E-state index contributed by atoms with van der Waals surface area (Å²) in [5, 5.41) is 0. The fourth-order valence-corrected chi connectivity index (χ4v) is 6.42. The van der Waals surface area contributed by atoms with Gasteiger partial charge in [-0.3, -0.25) is 0 Å². The third-order valence-electron chi connectivity index (χ3n) is 6.59. The highest BCUT2D eigenvalue weighted by molar-refractivity contribution is 6.50. The molecule has 3 fully saturated rings. The van der Waals surface area contributed by atoms with E-state index in [4.69, 9.17) is 32.7 Å². The fourth-order valence-electron chi connectivity index (χ4n) is 5.40. The maximum atomic E-state index is 7.01. The average Bonchev–Trinajstić information content (AvgIpc) is 2.51. The van der Waals surface area contributed by atoms with Crippen molar-refractivity contribution in [3.8, 4) is 0 Å². The first-order valence-corrected chi connectivity index (χ1v) is 9.85. The van der Waals surface area contributed by atoms with Crippen molar-refractivity contribution in [2.45, 2.75) is 88.2 Å². The molecule has 0 heterocycles. The van der Waals surface area contributed by atoms with Crippen molar-refractivity contribution in [2.75, 3.05) is 13.2 Å². The van der Waals surface area contributed by atoms with Crippen LogP contribution in [0.4, 0.5) is 0 Å². The Balaban J connectivity index is 1.61. The number of halogens is 2. The SMILES string of the molecule is CCOC1CCC2(CC1)CC1(CCC(OCC)CC1)C2(Cl)Cl. The fraction of sp³-hybridized carbons (Fsp3) is 1.00. The first-order chi connectivity index (χ1) is 10.5. The quantitative estimate of drug-likeness (QED) is 0.625. The molecule has 3 aliphatic rings. The van der Waals surface area contributed by atoms with Crippen LogP contribution < -0.4 is 0 Å². The van der Waals surface area contributed by atoms with Crippen molar-refractivity contribution in [3.05, 3.63) is 0 Å². The molecule has 0 radical (unpaired) electrons. The Bertz CT molecular complexity index is 347. The van der Waals surface area contributed by atoms with Crippen LogP contribution in [0.3, 0.4) is 0 Å². The maximum absolute atomic E-state index is 7.01. The summed E-state index contributed by atoms with van der Waals surface area (Å²) in [7, 11) is 0. The third kappa shape index (κ3) is 2.62. The van der Waals surface area contributed by atoms with Crippen molar-refractivity contribution in [1.82, 2.24) is 0 Å². The molecule has 22 heavy (non-hydrogen) atoms. The van der Waals surface area contributed by atoms with Crippen molar-refractivity contribution < 1.29 is 9.47 Å². The molecule has 0 aromatic rings. The maximum Gasteiger partial charge on any atom is 0.129 e. The summed E-state index contributed by atoms with van der Waals surface area (Å²) in [5.74, 6) is 0. The van der Waals surface area contributed by atoms with Gasteiger partial charge in [0.1, 0.15) is 4.33 Å². The Morgan fingerprint density at radius 3 is 1.41 bits per heavy atom. The Morgan fingerprint density at radius 1 is 0.773 bits per heavy atom. The molecule has 0 aromatic heterocycles. The molecule has 2 nitrogen and oxygen atoms in total. The largest absolute Gasteiger partial charge is 0.379 e. The van der Waals surface area contributed by atoms with Crippen LogP contribution in [0.5, 0.6) is 0 Å². The van der Waals surface area contributed by atoms with Crippen LogP contribution in [-0.2, 0) is 9.47 Å². The van der Waals surface area contributed by atoms with Crippen LogP contribution in [0.25, 0.3) is 0 Å². The summed E-state index contributed by atoms with van der Waals surface area (Å²) in [5.41, 5.74) is 0.282. The van der Waals surface area contributed by atoms with Gasteiger partial charge >= 0.3 is 0 Å². The van der Waals surface area contributed by atoms with Gasteiger partial charge in [0.15, 0.2) is 0 Å². The van der Waals surface area contributed by atoms with Crippen LogP contribution in [0.1, 0.15) is 71.6 Å². The lowest BCUT2D eigenvalue weighted by Crippen LogP contribution is -2.67. The summed E-state index contributed by atoms with van der Waals surface area (Å²) in [6, 6.07) is 0. The molecule has 3 rings (SSSR count). The van der Waals surface area contributed by atoms with E-state index in [0.717, 1.165) is 64.6 Å². The average molecular weight is 349 g/mol. The summed E-state index contributed by atoms with van der Waals surface area (Å²) >= 11 is 14.0. The van der Waals surface area contributed by atoms with Crippen molar-refractivity contribution in [3.63, 3.8) is 0 Å². The Labute approximate surface area is 145 Å². The Morgan fingerprint density at radius 2 is 1.14 bits per heavy atom. The second kappa shape index (κ2) is 6.43. The molecule has 0 unspecified atom stereocenters. The smallest absolute Gasteiger partial charge is 0.129 e. The first kappa shape index (κ1) is 17.3. The summed E-state index contributed by atoms with van der Waals surface area (Å²) < 4.78 is 11.0. The lowest BCUT2D eigenvalue weighted by Gasteiger charge is -2.69. The number of hydrogen-bond donors (Lipinski definition) is 0. The van der Waals surface area contributed by atoms with Gasteiger partial charge in [-0.1, -0.05) is 0 Å². The second-order valence-corrected chi connectivity index (χ2v) is 8.95. The minimum Gasteiger partial charge on any atom is -0.379 e. The molecule has 3 aliphatic carbocycles. The van der Waals surface area contributed by atoms with Crippen LogP contribution in [0, 0.1) is 10.8 Å². The van der Waals surface area contributed by atoms with Crippen LogP contribution in [0.2, 0.25) is 0 Å². The van der Waals surface area contributed by atoms with Gasteiger partial charge in [-0.2, -0.15) is 0 Å². The molecule has 0 aliphatic heterocycles. The standard InChI is InChI=1S/C18H30Cl2O2/c1-3-21-14-5-9-16(10-6-14)13-17(18(16,19)20)11-7-15(8-12-17)22-4-2/h14-15H,3-13H2,1-2H3. The highest BCUT2D eigenvalue weighted by Gasteiger charge is 2.72. The Kier molecular flexibility index (Phi) is 5.06. The van der Waals surface area contributed by atoms with Gasteiger partial charge in [0, 0.05) is 24.0 Å². The van der Waals surface area contributed by atoms with Gasteiger partial charge in [-0.05, 0) is 71.6 Å². The Hall–Kier alpha value is 0.500. The van der Waals surface area contributed by atoms with E-state index in [0.29, 0.717) is 12.2 Å². The molecule has 2 spiro atoms. The van der Waals surface area contributed by atoms with Gasteiger partial charge in [0.2, 0.25) is 0 Å². The monoisotopic (exact) mass is 348 g/mol. The van der Waals surface area contributed by atoms with E-state index in [1.54, 1.807) is 0 Å². The lowest BCUT2D eigenvalue weighted by atomic mass is 9.44. The highest BCUT2D eigenvalue weighted by atomic mass is 35.5. The molecule has 0 aromatic carbocycles. The minimum absolute atomic E-state index is 0.141. The van der Waals surface area contributed by atoms with Crippen LogP contribution >= 0.6 is 23.2 Å². The van der Waals surface area contributed by atoms with Crippen molar-refractivity contribution in [1.29, 1.82) is 0 Å². The zero-order valence-electron chi connectivity index (χ0n) is 14.0. The first-order valence-electron chi connectivity index (χ1n) is 9.10. The van der Waals surface area contributed by atoms with E-state index < -0.39 is 4.33 Å². The zero-order chi connectivity index (χ0) is 15.8. The van der Waals surface area contributed by atoms with Gasteiger partial charge in [0.25, 0.3) is 0 Å². The van der Waals surface area contributed by atoms with Gasteiger partial charge in [-0.15, -0.1) is 23.2 Å². The highest BCUT2D eigenvalue weighted by Crippen LogP contribution is 2.76. The number of alkyl halides is 2. The minimum atomic E-state index is -0.547. The van der Waals surface area contributed by atoms with E-state index in [-0.39, 0.29) is 10.8 Å². The molecule has 4 heteroatoms. The van der Waals surface area contributed by atoms with Crippen molar-refractivity contribution >= 4 is 23.2 Å². The number of rotatable bonds is 4. The lowest BCUT2D eigenvalue weighted by molar-refractivity contribution is -0.138. The molecule has 0 atom stereocenters. The van der Waals surface area contributed by atoms with Gasteiger partial charge in [0.05, 0.1) is 12.2 Å². The number of hydrogen-bond acceptors (Lipinski definition) is 2. The summed E-state index contributed by atoms with van der Waals surface area (Å²) in [6.45, 7) is 5.78. The van der Waals surface area contributed by atoms with E-state index in [1.807, 2.05) is 0 Å². The molecule has 128 valence electrons. The molecule has 0 amide bonds. The molecular weight excluding hydrogens is 319 g/mol. The van der Waals surface area contributed by atoms with E-state index in [2.05, 4.69) is 13.8 Å². The zero-order valence-corrected chi connectivity index (χ0v) is 15.5. The van der Waals surface area contributed by atoms with Gasteiger partial charge < -0.3 is 9.47 Å². The molecule has 0 saturated heterocycles. The van der Waals surface area contributed by atoms with E-state index >= 15 is 0 Å². The van der Waals surface area contributed by atoms with Crippen molar-refractivity contribution in [2.24, 2.45) is 10.8 Å². The predicted molar refractivity (Wildman–Crippen MR) is 91.7 cm³/mol. The third-order valence-corrected chi connectivity index (χ3v) is 8.20. The molecule has 3 saturated carbocycles. The number of ether oxygens (including phenoxy) is 2. The molecular formula is C18H30Cl2O2. The summed E-state index contributed by atoms with van der Waals surface area (Å²) in [4.78, 5) is 0. The van der Waals surface area contributed by atoms with Crippen LogP contribution in [-0.4, -0.2) is 29.8 Å².